The zero-order valence-corrected chi connectivity index (χ0v) is 16.2. The van der Waals surface area contributed by atoms with E-state index in [1.54, 1.807) is 18.7 Å². The van der Waals surface area contributed by atoms with Crippen LogP contribution < -0.4 is 4.90 Å². The van der Waals surface area contributed by atoms with Gasteiger partial charge in [-0.2, -0.15) is 0 Å². The number of amides is 1. The monoisotopic (exact) mass is 365 g/mol. The van der Waals surface area contributed by atoms with Crippen molar-refractivity contribution in [2.45, 2.75) is 46.2 Å². The van der Waals surface area contributed by atoms with Crippen LogP contribution in [0.4, 0.5) is 5.69 Å². The highest BCUT2D eigenvalue weighted by Crippen LogP contribution is 2.27. The molecule has 1 aromatic carbocycles. The van der Waals surface area contributed by atoms with Gasteiger partial charge in [0.1, 0.15) is 6.04 Å². The summed E-state index contributed by atoms with van der Waals surface area (Å²) in [4.78, 5) is 23.4. The van der Waals surface area contributed by atoms with Crippen molar-refractivity contribution >= 4 is 11.6 Å². The highest BCUT2D eigenvalue weighted by atomic mass is 16.2. The Labute approximate surface area is 160 Å². The van der Waals surface area contributed by atoms with Gasteiger partial charge in [-0.05, 0) is 44.7 Å². The lowest BCUT2D eigenvalue weighted by Gasteiger charge is -2.29. The summed E-state index contributed by atoms with van der Waals surface area (Å²) in [5.41, 5.74) is 3.27. The van der Waals surface area contributed by atoms with Crippen LogP contribution in [0.3, 0.4) is 0 Å². The lowest BCUT2D eigenvalue weighted by molar-refractivity contribution is -0.121. The molecule has 3 rings (SSSR count). The Kier molecular flexibility index (Phi) is 6.06. The average Bonchev–Trinajstić information content (AvgIpc) is 3.36. The maximum absolute atomic E-state index is 13.3. The van der Waals surface area contributed by atoms with Crippen molar-refractivity contribution in [2.24, 2.45) is 0 Å². The molecular weight excluding hydrogens is 338 g/mol. The number of carbonyl (C=O) groups excluding carboxylic acids is 1. The van der Waals surface area contributed by atoms with E-state index in [2.05, 4.69) is 40.5 Å². The fourth-order valence-corrected chi connectivity index (χ4v) is 3.40. The molecule has 0 saturated carbocycles. The van der Waals surface area contributed by atoms with Gasteiger partial charge < -0.3 is 14.0 Å². The maximum atomic E-state index is 13.3. The van der Waals surface area contributed by atoms with Gasteiger partial charge >= 0.3 is 0 Å². The molecule has 0 radical (unpaired) electrons. The quantitative estimate of drug-likeness (QED) is 0.571. The first kappa shape index (κ1) is 18.9. The molecule has 3 aromatic rings. The highest BCUT2D eigenvalue weighted by molar-refractivity contribution is 5.97. The summed E-state index contributed by atoms with van der Waals surface area (Å²) in [7, 11) is 0. The van der Waals surface area contributed by atoms with Crippen LogP contribution in [-0.4, -0.2) is 31.6 Å². The Hall–Kier alpha value is -2.89. The summed E-state index contributed by atoms with van der Waals surface area (Å²) >= 11 is 0. The summed E-state index contributed by atoms with van der Waals surface area (Å²) in [6.07, 6.45) is 12.7. The summed E-state index contributed by atoms with van der Waals surface area (Å²) in [6, 6.07) is 5.88. The molecule has 0 aliphatic heterocycles. The molecule has 0 aliphatic carbocycles. The molecule has 0 N–H and O–H groups in total. The molecule has 0 fully saturated rings. The Morgan fingerprint density at radius 3 is 2.41 bits per heavy atom. The molecule has 6 heteroatoms. The number of aryl methyl sites for hydroxylation is 3. The second-order valence-electron chi connectivity index (χ2n) is 6.92. The highest BCUT2D eigenvalue weighted by Gasteiger charge is 2.25. The van der Waals surface area contributed by atoms with Gasteiger partial charge in [0.05, 0.1) is 12.7 Å². The van der Waals surface area contributed by atoms with Crippen molar-refractivity contribution in [1.29, 1.82) is 0 Å². The van der Waals surface area contributed by atoms with E-state index in [9.17, 15) is 4.79 Å². The van der Waals surface area contributed by atoms with Crippen LogP contribution in [0.2, 0.25) is 0 Å². The molecule has 0 aliphatic rings. The first-order chi connectivity index (χ1) is 13.1. The number of carbonyl (C=O) groups is 1. The lowest BCUT2D eigenvalue weighted by Crippen LogP contribution is -2.38. The third kappa shape index (κ3) is 4.45. The number of nitrogens with zero attached hydrogens (tertiary/aromatic N) is 5. The predicted octanol–water partition coefficient (Wildman–Crippen LogP) is 3.77. The molecule has 142 valence electrons. The van der Waals surface area contributed by atoms with Crippen LogP contribution in [0, 0.1) is 13.8 Å². The van der Waals surface area contributed by atoms with Gasteiger partial charge in [-0.3, -0.25) is 4.79 Å². The van der Waals surface area contributed by atoms with Crippen molar-refractivity contribution in [3.05, 3.63) is 66.8 Å². The predicted molar refractivity (Wildman–Crippen MR) is 107 cm³/mol. The molecular formula is C21H27N5O. The number of benzene rings is 1. The van der Waals surface area contributed by atoms with Crippen LogP contribution in [0.1, 0.15) is 36.9 Å². The number of imidazole rings is 2. The van der Waals surface area contributed by atoms with Crippen molar-refractivity contribution < 1.29 is 4.79 Å². The van der Waals surface area contributed by atoms with Gasteiger partial charge in [0, 0.05) is 43.6 Å². The van der Waals surface area contributed by atoms with Crippen LogP contribution >= 0.6 is 0 Å². The molecule has 0 bridgehead atoms. The Morgan fingerprint density at radius 2 is 1.78 bits per heavy atom. The molecule has 0 spiro atoms. The van der Waals surface area contributed by atoms with E-state index in [1.807, 2.05) is 41.2 Å². The minimum atomic E-state index is -0.292. The van der Waals surface area contributed by atoms with E-state index in [-0.39, 0.29) is 11.9 Å². The SMILES string of the molecule is Cc1cccc(C)c1N(CCCCn1ccnc1)C(=O)C(C)n1ccnc1. The Balaban J connectivity index is 1.77. The number of aromatic nitrogens is 4. The summed E-state index contributed by atoms with van der Waals surface area (Å²) < 4.78 is 3.92. The first-order valence-corrected chi connectivity index (χ1v) is 9.38. The van der Waals surface area contributed by atoms with Gasteiger partial charge in [-0.25, -0.2) is 9.97 Å². The minimum absolute atomic E-state index is 0.0908. The third-order valence-electron chi connectivity index (χ3n) is 4.91. The number of para-hydroxylation sites is 1. The van der Waals surface area contributed by atoms with Crippen molar-refractivity contribution in [3.63, 3.8) is 0 Å². The van der Waals surface area contributed by atoms with E-state index in [0.717, 1.165) is 36.2 Å². The first-order valence-electron chi connectivity index (χ1n) is 9.38. The second kappa shape index (κ2) is 8.66. The number of hydrogen-bond acceptors (Lipinski definition) is 3. The van der Waals surface area contributed by atoms with E-state index < -0.39 is 0 Å². The molecule has 1 atom stereocenters. The van der Waals surface area contributed by atoms with Gasteiger partial charge in [-0.15, -0.1) is 0 Å². The number of unbranched alkanes of at least 4 members (excludes halogenated alkanes) is 1. The molecule has 2 heterocycles. The molecule has 1 amide bonds. The normalized spacial score (nSPS) is 12.1. The zero-order chi connectivity index (χ0) is 19.2. The van der Waals surface area contributed by atoms with Gasteiger partial charge in [0.2, 0.25) is 5.91 Å². The minimum Gasteiger partial charge on any atom is -0.337 e. The molecule has 6 nitrogen and oxygen atoms in total. The van der Waals surface area contributed by atoms with Crippen molar-refractivity contribution in [3.8, 4) is 0 Å². The summed E-state index contributed by atoms with van der Waals surface area (Å²) in [5, 5.41) is 0. The van der Waals surface area contributed by atoms with Crippen molar-refractivity contribution in [1.82, 2.24) is 19.1 Å². The largest absolute Gasteiger partial charge is 0.337 e. The van der Waals surface area contributed by atoms with E-state index in [1.165, 1.54) is 0 Å². The van der Waals surface area contributed by atoms with E-state index in [0.29, 0.717) is 6.54 Å². The van der Waals surface area contributed by atoms with Crippen LogP contribution in [-0.2, 0) is 11.3 Å². The van der Waals surface area contributed by atoms with E-state index >= 15 is 0 Å². The fourth-order valence-electron chi connectivity index (χ4n) is 3.40. The van der Waals surface area contributed by atoms with Gasteiger partial charge in [-0.1, -0.05) is 18.2 Å². The zero-order valence-electron chi connectivity index (χ0n) is 16.2. The Bertz CT molecular complexity index is 835. The van der Waals surface area contributed by atoms with Crippen LogP contribution in [0.5, 0.6) is 0 Å². The van der Waals surface area contributed by atoms with Crippen molar-refractivity contribution in [2.75, 3.05) is 11.4 Å². The second-order valence-corrected chi connectivity index (χ2v) is 6.92. The van der Waals surface area contributed by atoms with Crippen LogP contribution in [0.15, 0.2) is 55.6 Å². The molecule has 0 saturated heterocycles. The average molecular weight is 365 g/mol. The fraction of sp³-hybridized carbons (Fsp3) is 0.381. The van der Waals surface area contributed by atoms with Gasteiger partial charge in [0.15, 0.2) is 0 Å². The summed E-state index contributed by atoms with van der Waals surface area (Å²) in [6.45, 7) is 7.66. The Morgan fingerprint density at radius 1 is 1.07 bits per heavy atom. The smallest absolute Gasteiger partial charge is 0.249 e. The lowest BCUT2D eigenvalue weighted by atomic mass is 10.1. The van der Waals surface area contributed by atoms with E-state index in [4.69, 9.17) is 0 Å². The molecule has 27 heavy (non-hydrogen) atoms. The molecule has 1 unspecified atom stereocenters. The number of hydrogen-bond donors (Lipinski definition) is 0. The van der Waals surface area contributed by atoms with Crippen LogP contribution in [0.25, 0.3) is 0 Å². The third-order valence-corrected chi connectivity index (χ3v) is 4.91. The summed E-state index contributed by atoms with van der Waals surface area (Å²) in [5.74, 6) is 0.0908. The van der Waals surface area contributed by atoms with Gasteiger partial charge in [0.25, 0.3) is 0 Å². The standard InChI is InChI=1S/C21H27N5O/c1-17-7-6-8-18(2)20(17)26(12-5-4-11-24-13-9-22-15-24)21(27)19(3)25-14-10-23-16-25/h6-10,13-16,19H,4-5,11-12H2,1-3H3. The number of anilines is 1. The topological polar surface area (TPSA) is 56.0 Å². The number of rotatable bonds is 8. The maximum Gasteiger partial charge on any atom is 0.249 e. The molecule has 2 aromatic heterocycles.